The summed E-state index contributed by atoms with van der Waals surface area (Å²) in [6, 6.07) is 12.8. The van der Waals surface area contributed by atoms with Crippen molar-refractivity contribution in [2.24, 2.45) is 0 Å². The van der Waals surface area contributed by atoms with Gasteiger partial charge in [0, 0.05) is 15.4 Å². The van der Waals surface area contributed by atoms with Gasteiger partial charge in [0.25, 0.3) is 0 Å². The van der Waals surface area contributed by atoms with Gasteiger partial charge in [-0.2, -0.15) is 0 Å². The van der Waals surface area contributed by atoms with Crippen LogP contribution >= 0.6 is 31.9 Å². The summed E-state index contributed by atoms with van der Waals surface area (Å²) in [5, 5.41) is 20.4. The Morgan fingerprint density at radius 2 is 1.16 bits per heavy atom. The first-order chi connectivity index (χ1) is 11.8. The lowest BCUT2D eigenvalue weighted by Crippen LogP contribution is -2.56. The van der Waals surface area contributed by atoms with Crippen molar-refractivity contribution in [1.82, 2.24) is 0 Å². The van der Waals surface area contributed by atoms with Crippen molar-refractivity contribution in [1.29, 1.82) is 0 Å². The summed E-state index contributed by atoms with van der Waals surface area (Å²) in [6.07, 6.45) is 1.17. The Balaban J connectivity index is 0.000000368. The molecule has 0 saturated carbocycles. The molecule has 0 aliphatic rings. The standard InChI is InChI=1S/2C7H5BrO2.C3H10N2/c2*8-6-3-1-2-5(4-6)7(9)10;4-2-1-3-5/h2*1-4H,(H,9,10);1-5H2. The molecule has 2 rings (SSSR count). The number of benzene rings is 2. The average Bonchev–Trinajstić information content (AvgIpc) is 2.57. The third-order valence-corrected chi connectivity index (χ3v) is 3.61. The molecule has 0 spiro atoms. The number of carbonyl (C=O) groups excluding carboxylic acids is 2. The molecule has 8 heteroatoms. The van der Waals surface area contributed by atoms with Crippen LogP contribution in [-0.2, 0) is 0 Å². The molecular formula is C17H20Br2N2O4. The van der Waals surface area contributed by atoms with Crippen LogP contribution in [0.3, 0.4) is 0 Å². The van der Waals surface area contributed by atoms with Crippen LogP contribution in [0.1, 0.15) is 27.1 Å². The van der Waals surface area contributed by atoms with E-state index in [2.05, 4.69) is 43.3 Å². The molecule has 0 fully saturated rings. The largest absolute Gasteiger partial charge is 0.545 e. The second kappa shape index (κ2) is 13.5. The van der Waals surface area contributed by atoms with Crippen LogP contribution in [0.5, 0.6) is 0 Å². The third kappa shape index (κ3) is 11.4. The van der Waals surface area contributed by atoms with E-state index in [1.165, 1.54) is 30.7 Å². The fraction of sp³-hybridized carbons (Fsp3) is 0.176. The van der Waals surface area contributed by atoms with E-state index in [0.29, 0.717) is 0 Å². The molecule has 2 aromatic carbocycles. The molecule has 2 aromatic rings. The van der Waals surface area contributed by atoms with E-state index in [1.807, 2.05) is 0 Å². The summed E-state index contributed by atoms with van der Waals surface area (Å²) >= 11 is 6.28. The van der Waals surface area contributed by atoms with Gasteiger partial charge in [-0.3, -0.25) is 0 Å². The van der Waals surface area contributed by atoms with Crippen molar-refractivity contribution < 1.29 is 31.3 Å². The first-order valence-electron chi connectivity index (χ1n) is 7.34. The Labute approximate surface area is 163 Å². The van der Waals surface area contributed by atoms with Crippen molar-refractivity contribution in [3.8, 4) is 0 Å². The van der Waals surface area contributed by atoms with Crippen molar-refractivity contribution >= 4 is 43.8 Å². The number of carboxylic acid groups (broad SMARTS) is 2. The highest BCUT2D eigenvalue weighted by Crippen LogP contribution is 2.11. The van der Waals surface area contributed by atoms with Crippen molar-refractivity contribution in [3.63, 3.8) is 0 Å². The molecule has 0 amide bonds. The Bertz CT molecular complexity index is 624. The number of halogens is 2. The van der Waals surface area contributed by atoms with E-state index in [1.54, 1.807) is 24.3 Å². The molecule has 6 nitrogen and oxygen atoms in total. The molecule has 0 aromatic heterocycles. The normalized spacial score (nSPS) is 9.12. The summed E-state index contributed by atoms with van der Waals surface area (Å²) < 4.78 is 1.49. The molecular weight excluding hydrogens is 456 g/mol. The summed E-state index contributed by atoms with van der Waals surface area (Å²) in [5.74, 6) is -2.30. The van der Waals surface area contributed by atoms with Crippen LogP contribution in [0.25, 0.3) is 0 Å². The number of aromatic carboxylic acids is 2. The molecule has 25 heavy (non-hydrogen) atoms. The third-order valence-electron chi connectivity index (χ3n) is 2.62. The van der Waals surface area contributed by atoms with E-state index in [4.69, 9.17) is 0 Å². The van der Waals surface area contributed by atoms with E-state index >= 15 is 0 Å². The number of carboxylic acids is 2. The Morgan fingerprint density at radius 3 is 1.32 bits per heavy atom. The van der Waals surface area contributed by atoms with Gasteiger partial charge < -0.3 is 31.3 Å². The van der Waals surface area contributed by atoms with Gasteiger partial charge in [-0.1, -0.05) is 56.1 Å². The minimum absolute atomic E-state index is 0.189. The van der Waals surface area contributed by atoms with Gasteiger partial charge in [0.15, 0.2) is 0 Å². The molecule has 6 N–H and O–H groups in total. The summed E-state index contributed by atoms with van der Waals surface area (Å²) in [5.41, 5.74) is 7.65. The van der Waals surface area contributed by atoms with Gasteiger partial charge >= 0.3 is 0 Å². The van der Waals surface area contributed by atoms with Crippen molar-refractivity contribution in [2.45, 2.75) is 6.42 Å². The fourth-order valence-electron chi connectivity index (χ4n) is 1.41. The second-order valence-electron chi connectivity index (χ2n) is 4.66. The number of rotatable bonds is 4. The van der Waals surface area contributed by atoms with E-state index in [9.17, 15) is 19.8 Å². The Morgan fingerprint density at radius 1 is 0.800 bits per heavy atom. The highest BCUT2D eigenvalue weighted by molar-refractivity contribution is 9.10. The zero-order chi connectivity index (χ0) is 19.2. The van der Waals surface area contributed by atoms with Gasteiger partial charge in [0.05, 0.1) is 25.0 Å². The van der Waals surface area contributed by atoms with Gasteiger partial charge in [-0.25, -0.2) is 0 Å². The zero-order valence-electron chi connectivity index (χ0n) is 13.5. The molecule has 0 bridgehead atoms. The van der Waals surface area contributed by atoms with Crippen LogP contribution < -0.4 is 21.7 Å². The van der Waals surface area contributed by atoms with Crippen molar-refractivity contribution in [2.75, 3.05) is 13.1 Å². The highest BCUT2D eigenvalue weighted by atomic mass is 79.9. The monoisotopic (exact) mass is 474 g/mol. The molecule has 0 atom stereocenters. The number of hydrogen-bond donors (Lipinski definition) is 2. The summed E-state index contributed by atoms with van der Waals surface area (Å²) in [4.78, 5) is 20.4. The maximum atomic E-state index is 10.2. The van der Waals surface area contributed by atoms with Gasteiger partial charge in [-0.15, -0.1) is 0 Å². The first kappa shape index (κ1) is 23.3. The maximum Gasteiger partial charge on any atom is 0.0794 e. The van der Waals surface area contributed by atoms with E-state index in [-0.39, 0.29) is 11.1 Å². The lowest BCUT2D eigenvalue weighted by atomic mass is 10.2. The Hall–Kier alpha value is -1.74. The average molecular weight is 476 g/mol. The van der Waals surface area contributed by atoms with Crippen LogP contribution in [0, 0.1) is 0 Å². The number of quaternary nitrogens is 2. The minimum Gasteiger partial charge on any atom is -0.545 e. The van der Waals surface area contributed by atoms with Crippen LogP contribution in [0.15, 0.2) is 57.5 Å². The van der Waals surface area contributed by atoms with Crippen molar-refractivity contribution in [3.05, 3.63) is 68.6 Å². The van der Waals surface area contributed by atoms with E-state index in [0.717, 1.165) is 22.0 Å². The Kier molecular flexibility index (Phi) is 12.6. The fourth-order valence-corrected chi connectivity index (χ4v) is 2.21. The van der Waals surface area contributed by atoms with Crippen LogP contribution in [-0.4, -0.2) is 25.0 Å². The van der Waals surface area contributed by atoms with Crippen LogP contribution in [0.2, 0.25) is 0 Å². The molecule has 0 saturated heterocycles. The smallest absolute Gasteiger partial charge is 0.0794 e. The molecule has 0 aliphatic heterocycles. The number of carbonyl (C=O) groups is 2. The lowest BCUT2D eigenvalue weighted by molar-refractivity contribution is -0.404. The van der Waals surface area contributed by atoms with Gasteiger partial charge in [-0.05, 0) is 35.4 Å². The molecule has 0 unspecified atom stereocenters. The molecule has 0 radical (unpaired) electrons. The minimum atomic E-state index is -1.15. The molecule has 136 valence electrons. The number of hydrogen-bond acceptors (Lipinski definition) is 4. The predicted molar refractivity (Wildman–Crippen MR) is 97.1 cm³/mol. The van der Waals surface area contributed by atoms with Gasteiger partial charge in [0.1, 0.15) is 0 Å². The summed E-state index contributed by atoms with van der Waals surface area (Å²) in [6.45, 7) is 2.06. The molecule has 0 heterocycles. The molecule has 0 aliphatic carbocycles. The maximum absolute atomic E-state index is 10.2. The predicted octanol–water partition coefficient (Wildman–Crippen LogP) is -0.514. The highest BCUT2D eigenvalue weighted by Gasteiger charge is 1.92. The van der Waals surface area contributed by atoms with Crippen LogP contribution in [0.4, 0.5) is 0 Å². The van der Waals surface area contributed by atoms with Gasteiger partial charge in [0.2, 0.25) is 0 Å². The topological polar surface area (TPSA) is 136 Å². The lowest BCUT2D eigenvalue weighted by Gasteiger charge is -2.00. The zero-order valence-corrected chi connectivity index (χ0v) is 16.7. The van der Waals surface area contributed by atoms with E-state index < -0.39 is 11.9 Å². The summed E-state index contributed by atoms with van der Waals surface area (Å²) in [7, 11) is 0. The quantitative estimate of drug-likeness (QED) is 0.615. The second-order valence-corrected chi connectivity index (χ2v) is 6.49. The SMILES string of the molecule is O=C([O-])c1cccc(Br)c1.O=C([O-])c1cccc(Br)c1.[NH3+]CCC[NH3+]. The first-order valence-corrected chi connectivity index (χ1v) is 8.92.